The lowest BCUT2D eigenvalue weighted by Crippen LogP contribution is -2.32. The van der Waals surface area contributed by atoms with Crippen molar-refractivity contribution in [2.45, 2.75) is 24.9 Å². The Morgan fingerprint density at radius 3 is 2.82 bits per heavy atom. The van der Waals surface area contributed by atoms with Crippen molar-refractivity contribution in [1.82, 2.24) is 0 Å². The Hall–Kier alpha value is -2.20. The number of para-hydroxylation sites is 2. The maximum Gasteiger partial charge on any atom is 0.176 e. The molecule has 1 N–H and O–H groups in total. The minimum Gasteiger partial charge on any atom is -0.371 e. The summed E-state index contributed by atoms with van der Waals surface area (Å²) in [6.07, 6.45) is 2.10. The van der Waals surface area contributed by atoms with Gasteiger partial charge in [-0.2, -0.15) is 5.11 Å². The molecule has 0 aromatic heterocycles. The van der Waals surface area contributed by atoms with Crippen molar-refractivity contribution in [3.05, 3.63) is 59.1 Å². The van der Waals surface area contributed by atoms with Crippen molar-refractivity contribution in [3.63, 3.8) is 0 Å². The normalized spacial score (nSPS) is 18.0. The standard InChI is InChI=1S/C17H15ClN4/c18-13-5-3-4-12(10-13)11-19-22-16-17(8-9-17)21-15-7-2-1-6-14(15)20-16/h1-7,10,21H,8-9,11H2. The van der Waals surface area contributed by atoms with Gasteiger partial charge in [0.05, 0.1) is 23.5 Å². The molecule has 4 nitrogen and oxygen atoms in total. The molecule has 22 heavy (non-hydrogen) atoms. The predicted molar refractivity (Wildman–Crippen MR) is 89.1 cm³/mol. The summed E-state index contributed by atoms with van der Waals surface area (Å²) in [6, 6.07) is 15.7. The van der Waals surface area contributed by atoms with Crippen LogP contribution in [0.2, 0.25) is 5.02 Å². The summed E-state index contributed by atoms with van der Waals surface area (Å²) >= 11 is 5.98. The Labute approximate surface area is 133 Å². The minimum atomic E-state index is -0.105. The number of amidine groups is 1. The Kier molecular flexibility index (Phi) is 3.19. The van der Waals surface area contributed by atoms with Crippen molar-refractivity contribution in [3.8, 4) is 0 Å². The van der Waals surface area contributed by atoms with Crippen LogP contribution < -0.4 is 5.32 Å². The van der Waals surface area contributed by atoms with Gasteiger partial charge in [0.15, 0.2) is 5.84 Å². The average molecular weight is 311 g/mol. The monoisotopic (exact) mass is 310 g/mol. The highest BCUT2D eigenvalue weighted by molar-refractivity contribution is 6.30. The quantitative estimate of drug-likeness (QED) is 0.781. The Morgan fingerprint density at radius 1 is 1.14 bits per heavy atom. The summed E-state index contributed by atoms with van der Waals surface area (Å²) in [7, 11) is 0. The number of benzene rings is 2. The van der Waals surface area contributed by atoms with Gasteiger partial charge < -0.3 is 5.32 Å². The van der Waals surface area contributed by atoms with Crippen LogP contribution in [-0.2, 0) is 6.54 Å². The number of rotatable bonds is 2. The molecule has 1 aliphatic heterocycles. The number of azo groups is 1. The van der Waals surface area contributed by atoms with Crippen molar-refractivity contribution in [2.75, 3.05) is 5.32 Å². The minimum absolute atomic E-state index is 0.105. The van der Waals surface area contributed by atoms with E-state index >= 15 is 0 Å². The summed E-state index contributed by atoms with van der Waals surface area (Å²) < 4.78 is 0. The number of aliphatic imine (C=N–C) groups is 1. The number of hydrogen-bond donors (Lipinski definition) is 1. The summed E-state index contributed by atoms with van der Waals surface area (Å²) in [5.74, 6) is 0.785. The Balaban J connectivity index is 1.57. The third-order valence-electron chi connectivity index (χ3n) is 3.99. The van der Waals surface area contributed by atoms with Crippen LogP contribution in [0.5, 0.6) is 0 Å². The van der Waals surface area contributed by atoms with E-state index in [4.69, 9.17) is 11.6 Å². The van der Waals surface area contributed by atoms with Gasteiger partial charge in [0.2, 0.25) is 0 Å². The SMILES string of the molecule is Clc1cccc(CN=NC2=Nc3ccccc3NC23CC3)c1. The molecule has 2 aliphatic rings. The van der Waals surface area contributed by atoms with Crippen LogP contribution in [0.15, 0.2) is 63.8 Å². The smallest absolute Gasteiger partial charge is 0.176 e. The molecule has 5 heteroatoms. The molecule has 0 atom stereocenters. The van der Waals surface area contributed by atoms with E-state index in [1.165, 1.54) is 0 Å². The number of fused-ring (bicyclic) bond motifs is 1. The van der Waals surface area contributed by atoms with E-state index in [2.05, 4.69) is 26.6 Å². The maximum absolute atomic E-state index is 5.98. The molecular weight excluding hydrogens is 296 g/mol. The number of nitrogens with zero attached hydrogens (tertiary/aromatic N) is 3. The predicted octanol–water partition coefficient (Wildman–Crippen LogP) is 4.98. The Bertz CT molecular complexity index is 778. The molecule has 0 unspecified atom stereocenters. The van der Waals surface area contributed by atoms with E-state index in [-0.39, 0.29) is 5.54 Å². The van der Waals surface area contributed by atoms with Gasteiger partial charge in [0, 0.05) is 5.02 Å². The van der Waals surface area contributed by atoms with Crippen LogP contribution in [0.25, 0.3) is 0 Å². The first-order valence-corrected chi connectivity index (χ1v) is 7.71. The van der Waals surface area contributed by atoms with E-state index in [9.17, 15) is 0 Å². The van der Waals surface area contributed by atoms with Crippen LogP contribution in [-0.4, -0.2) is 11.4 Å². The fourth-order valence-electron chi connectivity index (χ4n) is 2.62. The zero-order valence-electron chi connectivity index (χ0n) is 12.0. The first-order chi connectivity index (χ1) is 10.8. The van der Waals surface area contributed by atoms with Gasteiger partial charge in [-0.15, -0.1) is 5.11 Å². The van der Waals surface area contributed by atoms with Gasteiger partial charge >= 0.3 is 0 Å². The van der Waals surface area contributed by atoms with Gasteiger partial charge in [-0.1, -0.05) is 35.9 Å². The van der Waals surface area contributed by atoms with Crippen LogP contribution in [0, 0.1) is 0 Å². The molecular formula is C17H15ClN4. The molecule has 4 rings (SSSR count). The Morgan fingerprint density at radius 2 is 2.00 bits per heavy atom. The second kappa shape index (κ2) is 5.21. The molecule has 1 heterocycles. The van der Waals surface area contributed by atoms with Gasteiger partial charge in [-0.25, -0.2) is 4.99 Å². The molecule has 1 fully saturated rings. The maximum atomic E-state index is 5.98. The van der Waals surface area contributed by atoms with Gasteiger partial charge in [-0.05, 0) is 42.7 Å². The molecule has 2 aromatic rings. The van der Waals surface area contributed by atoms with E-state index in [1.807, 2.05) is 42.5 Å². The van der Waals surface area contributed by atoms with Crippen LogP contribution >= 0.6 is 11.6 Å². The lowest BCUT2D eigenvalue weighted by Gasteiger charge is -2.23. The third-order valence-corrected chi connectivity index (χ3v) is 4.23. The van der Waals surface area contributed by atoms with Crippen LogP contribution in [0.1, 0.15) is 18.4 Å². The van der Waals surface area contributed by atoms with Crippen molar-refractivity contribution in [1.29, 1.82) is 0 Å². The van der Waals surface area contributed by atoms with Crippen LogP contribution in [0.3, 0.4) is 0 Å². The molecule has 0 amide bonds. The first kappa shape index (κ1) is 13.5. The third kappa shape index (κ3) is 2.50. The summed E-state index contributed by atoms with van der Waals surface area (Å²) in [5.41, 5.74) is 2.95. The number of anilines is 1. The van der Waals surface area contributed by atoms with E-state index < -0.39 is 0 Å². The summed E-state index contributed by atoms with van der Waals surface area (Å²) in [5, 5.41) is 13.0. The van der Waals surface area contributed by atoms with Crippen molar-refractivity contribution < 1.29 is 0 Å². The highest BCUT2D eigenvalue weighted by Gasteiger charge is 2.50. The number of nitrogens with one attached hydrogen (secondary N) is 1. The number of halogens is 1. The number of hydrogen-bond acceptors (Lipinski definition) is 4. The van der Waals surface area contributed by atoms with Crippen molar-refractivity contribution >= 4 is 28.8 Å². The largest absolute Gasteiger partial charge is 0.371 e. The molecule has 0 bridgehead atoms. The molecule has 2 aromatic carbocycles. The van der Waals surface area contributed by atoms with Gasteiger partial charge in [0.25, 0.3) is 0 Å². The molecule has 1 saturated carbocycles. The van der Waals surface area contributed by atoms with E-state index in [0.29, 0.717) is 6.54 Å². The zero-order valence-corrected chi connectivity index (χ0v) is 12.7. The topological polar surface area (TPSA) is 49.1 Å². The first-order valence-electron chi connectivity index (χ1n) is 7.34. The fraction of sp³-hybridized carbons (Fsp3) is 0.235. The molecule has 1 spiro atoms. The summed E-state index contributed by atoms with van der Waals surface area (Å²) in [6.45, 7) is 0.511. The fourth-order valence-corrected chi connectivity index (χ4v) is 2.84. The average Bonchev–Trinajstić information content (AvgIpc) is 3.28. The highest BCUT2D eigenvalue weighted by Crippen LogP contribution is 2.46. The molecule has 1 aliphatic carbocycles. The molecule has 0 radical (unpaired) electrons. The van der Waals surface area contributed by atoms with Crippen molar-refractivity contribution in [2.24, 2.45) is 15.2 Å². The lowest BCUT2D eigenvalue weighted by atomic mass is 10.1. The molecule has 0 saturated heterocycles. The van der Waals surface area contributed by atoms with Gasteiger partial charge in [0.1, 0.15) is 0 Å². The van der Waals surface area contributed by atoms with E-state index in [0.717, 1.165) is 40.6 Å². The zero-order chi connectivity index (χ0) is 15.0. The van der Waals surface area contributed by atoms with E-state index in [1.54, 1.807) is 0 Å². The van der Waals surface area contributed by atoms with Crippen LogP contribution in [0.4, 0.5) is 11.4 Å². The summed E-state index contributed by atoms with van der Waals surface area (Å²) in [4.78, 5) is 4.68. The highest BCUT2D eigenvalue weighted by atomic mass is 35.5. The second-order valence-corrected chi connectivity index (χ2v) is 6.13. The van der Waals surface area contributed by atoms with Gasteiger partial charge in [-0.3, -0.25) is 0 Å². The lowest BCUT2D eigenvalue weighted by molar-refractivity contribution is 0.899. The molecule has 110 valence electrons. The second-order valence-electron chi connectivity index (χ2n) is 5.69.